The second-order valence-electron chi connectivity index (χ2n) is 2.50. The fourth-order valence-corrected chi connectivity index (χ4v) is 1.12. The number of carbonyl (C=O) groups excluding carboxylic acids is 2. The lowest BCUT2D eigenvalue weighted by molar-refractivity contribution is 0.0951. The maximum Gasteiger partial charge on any atom is 0.379 e. The van der Waals surface area contributed by atoms with E-state index in [9.17, 15) is 14.1 Å². The Labute approximate surface area is 72.9 Å². The number of rotatable bonds is 0. The molecule has 1 radical (unpaired) electrons. The largest absolute Gasteiger partial charge is 0.379 e. The Morgan fingerprint density at radius 1 is 1.23 bits per heavy atom. The second kappa shape index (κ2) is 2.55. The molecule has 4 nitrogen and oxygen atoms in total. The van der Waals surface area contributed by atoms with Crippen LogP contribution >= 0.6 is 0 Å². The number of hydrogen-bond acceptors (Lipinski definition) is 2. The monoisotopic (exact) mass is 179 g/mol. The van der Waals surface area contributed by atoms with Crippen LogP contribution in [-0.2, 0) is 0 Å². The van der Waals surface area contributed by atoms with Crippen molar-refractivity contribution >= 4 is 17.6 Å². The van der Waals surface area contributed by atoms with Crippen molar-refractivity contribution in [3.63, 3.8) is 0 Å². The molecule has 0 aliphatic carbocycles. The zero-order valence-electron chi connectivity index (χ0n) is 6.40. The molecule has 0 saturated heterocycles. The van der Waals surface area contributed by atoms with E-state index in [4.69, 9.17) is 0 Å². The fraction of sp³-hybridized carbons (Fsp3) is 0. The molecule has 0 saturated carbocycles. The lowest BCUT2D eigenvalue weighted by atomic mass is 10.1. The van der Waals surface area contributed by atoms with Crippen LogP contribution in [0.1, 0.15) is 10.4 Å². The number of anilines is 1. The van der Waals surface area contributed by atoms with Gasteiger partial charge in [0.1, 0.15) is 0 Å². The third kappa shape index (κ3) is 1.05. The van der Waals surface area contributed by atoms with E-state index < -0.39 is 11.9 Å². The molecule has 0 spiro atoms. The molecule has 1 aromatic carbocycles. The van der Waals surface area contributed by atoms with Crippen molar-refractivity contribution in [2.45, 2.75) is 0 Å². The number of urea groups is 1. The van der Waals surface area contributed by atoms with E-state index in [2.05, 4.69) is 5.32 Å². The lowest BCUT2D eigenvalue weighted by Crippen LogP contribution is -2.38. The van der Waals surface area contributed by atoms with Gasteiger partial charge in [0.2, 0.25) is 0 Å². The molecule has 0 bridgehead atoms. The number of nitrogens with zero attached hydrogens (tertiary/aromatic N) is 2. The van der Waals surface area contributed by atoms with Gasteiger partial charge < -0.3 is 0 Å². The Kier molecular flexibility index (Phi) is 1.51. The number of benzene rings is 1. The van der Waals surface area contributed by atoms with Gasteiger partial charge in [0.05, 0.1) is 11.3 Å². The van der Waals surface area contributed by atoms with Crippen LogP contribution in [0.15, 0.2) is 24.3 Å². The van der Waals surface area contributed by atoms with E-state index >= 15 is 0 Å². The van der Waals surface area contributed by atoms with E-state index in [0.717, 1.165) is 0 Å². The van der Waals surface area contributed by atoms with E-state index in [1.807, 2.05) is 0 Å². The standard InChI is InChI=1S/C8H4FN2O2/c9-11-6-4-2-1-3-5(6)7(12)10-8(11)13/h1-4H. The first-order valence-electron chi connectivity index (χ1n) is 3.55. The van der Waals surface area contributed by atoms with Gasteiger partial charge in [-0.15, -0.1) is 5.12 Å². The minimum atomic E-state index is -1.18. The number of hydrogen-bond donors (Lipinski definition) is 0. The van der Waals surface area contributed by atoms with Crippen LogP contribution in [0.25, 0.3) is 0 Å². The number of para-hydroxylation sites is 1. The predicted octanol–water partition coefficient (Wildman–Crippen LogP) is 1.26. The first kappa shape index (κ1) is 7.72. The van der Waals surface area contributed by atoms with Gasteiger partial charge in [-0.3, -0.25) is 4.79 Å². The highest BCUT2D eigenvalue weighted by Gasteiger charge is 2.30. The van der Waals surface area contributed by atoms with Gasteiger partial charge in [-0.25, -0.2) is 4.79 Å². The van der Waals surface area contributed by atoms with Crippen molar-refractivity contribution < 1.29 is 14.1 Å². The average Bonchev–Trinajstić information content (AvgIpc) is 2.15. The molecule has 5 heteroatoms. The molecule has 0 atom stereocenters. The van der Waals surface area contributed by atoms with Crippen LogP contribution in [0, 0.1) is 0 Å². The van der Waals surface area contributed by atoms with Crippen molar-refractivity contribution in [3.8, 4) is 0 Å². The normalized spacial score (nSPS) is 15.3. The second-order valence-corrected chi connectivity index (χ2v) is 2.50. The topological polar surface area (TPSA) is 51.5 Å². The Morgan fingerprint density at radius 2 is 1.92 bits per heavy atom. The fourth-order valence-electron chi connectivity index (χ4n) is 1.12. The summed E-state index contributed by atoms with van der Waals surface area (Å²) in [5, 5.41) is 2.84. The van der Waals surface area contributed by atoms with Crippen LogP contribution in [0.2, 0.25) is 0 Å². The zero-order valence-corrected chi connectivity index (χ0v) is 6.40. The SMILES string of the molecule is O=C1[N]C(=O)N(F)c2ccccc21. The summed E-state index contributed by atoms with van der Waals surface area (Å²) in [4.78, 5) is 21.8. The quantitative estimate of drug-likeness (QED) is 0.563. The van der Waals surface area contributed by atoms with Gasteiger partial charge in [-0.2, -0.15) is 5.32 Å². The molecular formula is C8H4FN2O2. The van der Waals surface area contributed by atoms with Crippen LogP contribution in [0.3, 0.4) is 0 Å². The number of fused-ring (bicyclic) bond motifs is 1. The van der Waals surface area contributed by atoms with Crippen molar-refractivity contribution in [2.75, 3.05) is 5.12 Å². The van der Waals surface area contributed by atoms with Crippen LogP contribution in [-0.4, -0.2) is 11.9 Å². The van der Waals surface area contributed by atoms with E-state index in [0.29, 0.717) is 0 Å². The van der Waals surface area contributed by atoms with Crippen molar-refractivity contribution in [1.29, 1.82) is 0 Å². The third-order valence-corrected chi connectivity index (χ3v) is 1.71. The molecule has 1 aromatic rings. The Morgan fingerprint density at radius 3 is 2.69 bits per heavy atom. The third-order valence-electron chi connectivity index (χ3n) is 1.71. The van der Waals surface area contributed by atoms with Crippen molar-refractivity contribution in [3.05, 3.63) is 29.8 Å². The first-order valence-corrected chi connectivity index (χ1v) is 3.55. The summed E-state index contributed by atoms with van der Waals surface area (Å²) in [5.74, 6) is -0.700. The van der Waals surface area contributed by atoms with Crippen LogP contribution in [0.4, 0.5) is 15.0 Å². The summed E-state index contributed by atoms with van der Waals surface area (Å²) in [7, 11) is 0. The summed E-state index contributed by atoms with van der Waals surface area (Å²) in [6, 6.07) is 4.70. The summed E-state index contributed by atoms with van der Waals surface area (Å²) in [6.45, 7) is 0. The van der Waals surface area contributed by atoms with E-state index in [1.165, 1.54) is 18.2 Å². The Balaban J connectivity index is 2.60. The van der Waals surface area contributed by atoms with Crippen molar-refractivity contribution in [1.82, 2.24) is 5.32 Å². The smallest absolute Gasteiger partial charge is 0.267 e. The number of imide groups is 1. The summed E-state index contributed by atoms with van der Waals surface area (Å²) >= 11 is 0. The molecule has 3 amide bonds. The molecule has 1 aliphatic heterocycles. The minimum absolute atomic E-state index is 0.0486. The summed E-state index contributed by atoms with van der Waals surface area (Å²) in [6.07, 6.45) is 0. The molecule has 0 N–H and O–H groups in total. The summed E-state index contributed by atoms with van der Waals surface area (Å²) < 4.78 is 13.0. The van der Waals surface area contributed by atoms with E-state index in [-0.39, 0.29) is 16.4 Å². The highest BCUT2D eigenvalue weighted by molar-refractivity contribution is 6.15. The molecule has 1 heterocycles. The minimum Gasteiger partial charge on any atom is -0.267 e. The molecule has 0 fully saturated rings. The zero-order chi connectivity index (χ0) is 9.42. The maximum absolute atomic E-state index is 13.0. The van der Waals surface area contributed by atoms with Gasteiger partial charge in [-0.05, 0) is 12.1 Å². The van der Waals surface area contributed by atoms with E-state index in [1.54, 1.807) is 6.07 Å². The molecule has 0 unspecified atom stereocenters. The number of halogens is 1. The van der Waals surface area contributed by atoms with Crippen LogP contribution < -0.4 is 10.4 Å². The molecule has 2 rings (SSSR count). The molecule has 13 heavy (non-hydrogen) atoms. The first-order chi connectivity index (χ1) is 6.20. The van der Waals surface area contributed by atoms with Crippen molar-refractivity contribution in [2.24, 2.45) is 0 Å². The maximum atomic E-state index is 13.0. The van der Waals surface area contributed by atoms with Gasteiger partial charge in [0.25, 0.3) is 5.91 Å². The Hall–Kier alpha value is -1.91. The number of amides is 3. The Bertz CT molecular complexity index is 391. The molecule has 1 aliphatic rings. The summed E-state index contributed by atoms with van der Waals surface area (Å²) in [5.41, 5.74) is 0.0529. The highest BCUT2D eigenvalue weighted by Crippen LogP contribution is 2.24. The van der Waals surface area contributed by atoms with Gasteiger partial charge in [0.15, 0.2) is 0 Å². The molecular weight excluding hydrogens is 175 g/mol. The lowest BCUT2D eigenvalue weighted by Gasteiger charge is -2.18. The predicted molar refractivity (Wildman–Crippen MR) is 41.9 cm³/mol. The van der Waals surface area contributed by atoms with Gasteiger partial charge >= 0.3 is 6.03 Å². The molecule has 0 aromatic heterocycles. The van der Waals surface area contributed by atoms with Gasteiger partial charge in [0, 0.05) is 0 Å². The highest BCUT2D eigenvalue weighted by atomic mass is 19.2. The number of carbonyl (C=O) groups is 2. The average molecular weight is 179 g/mol. The van der Waals surface area contributed by atoms with Gasteiger partial charge in [-0.1, -0.05) is 16.6 Å². The van der Waals surface area contributed by atoms with Crippen LogP contribution in [0.5, 0.6) is 0 Å². The molecule has 65 valence electrons.